The lowest BCUT2D eigenvalue weighted by Crippen LogP contribution is -2.42. The number of nitrogens with zero attached hydrogens (tertiary/aromatic N) is 2. The van der Waals surface area contributed by atoms with Gasteiger partial charge in [-0.1, -0.05) is 28.1 Å². The lowest BCUT2D eigenvalue weighted by molar-refractivity contribution is -0.120. The molecule has 0 bridgehead atoms. The van der Waals surface area contributed by atoms with Crippen molar-refractivity contribution in [1.82, 2.24) is 8.61 Å². The number of rotatable bonds is 8. The Morgan fingerprint density at radius 2 is 1.73 bits per heavy atom. The zero-order valence-corrected chi connectivity index (χ0v) is 23.6. The third-order valence-electron chi connectivity index (χ3n) is 6.49. The smallest absolute Gasteiger partial charge is 0.243 e. The fourth-order valence-corrected chi connectivity index (χ4v) is 7.87. The molecule has 10 nitrogen and oxygen atoms in total. The molecule has 2 aromatic rings. The van der Waals surface area contributed by atoms with E-state index >= 15 is 0 Å². The van der Waals surface area contributed by atoms with E-state index in [4.69, 9.17) is 9.47 Å². The predicted molar refractivity (Wildman–Crippen MR) is 142 cm³/mol. The molecule has 0 spiro atoms. The number of piperidine rings is 1. The highest BCUT2D eigenvalue weighted by atomic mass is 79.9. The quantitative estimate of drug-likeness (QED) is 0.484. The number of ether oxygens (including phenoxy) is 2. The molecule has 2 heterocycles. The second kappa shape index (κ2) is 11.8. The van der Waals surface area contributed by atoms with E-state index in [9.17, 15) is 21.6 Å². The van der Waals surface area contributed by atoms with Crippen LogP contribution in [-0.2, 0) is 35.3 Å². The lowest BCUT2D eigenvalue weighted by atomic mass is 9.97. The van der Waals surface area contributed by atoms with Crippen molar-refractivity contribution in [1.29, 1.82) is 0 Å². The predicted octanol–water partition coefficient (Wildman–Crippen LogP) is 2.66. The van der Waals surface area contributed by atoms with Gasteiger partial charge >= 0.3 is 0 Å². The van der Waals surface area contributed by atoms with Gasteiger partial charge in [0.1, 0.15) is 5.75 Å². The summed E-state index contributed by atoms with van der Waals surface area (Å²) in [6.45, 7) is 1.65. The Balaban J connectivity index is 1.41. The first kappa shape index (κ1) is 28.0. The summed E-state index contributed by atoms with van der Waals surface area (Å²) in [5.74, 6) is -0.488. The minimum Gasteiger partial charge on any atom is -0.495 e. The standard InChI is InChI=1S/C24H30BrN3O7S2/c1-34-23-6-5-21(37(32,33)28-11-13-35-14-12-28)16-22(23)26-24(29)19-7-9-27(10-8-19)36(30,31)17-18-3-2-4-20(25)15-18/h2-6,15-16,19H,7-14,17H2,1H3,(H,26,29). The monoisotopic (exact) mass is 615 g/mol. The summed E-state index contributed by atoms with van der Waals surface area (Å²) < 4.78 is 66.1. The first-order chi connectivity index (χ1) is 17.6. The van der Waals surface area contributed by atoms with Crippen molar-refractivity contribution in [3.05, 3.63) is 52.5 Å². The number of nitrogens with one attached hydrogen (secondary N) is 1. The SMILES string of the molecule is COc1ccc(S(=O)(=O)N2CCOCC2)cc1NC(=O)C1CCN(S(=O)(=O)Cc2cccc(Br)c2)CC1. The Hall–Kier alpha value is -2.03. The highest BCUT2D eigenvalue weighted by molar-refractivity contribution is 9.10. The van der Waals surface area contributed by atoms with Crippen molar-refractivity contribution in [3.8, 4) is 5.75 Å². The topological polar surface area (TPSA) is 122 Å². The number of hydrogen-bond donors (Lipinski definition) is 1. The molecule has 0 unspecified atom stereocenters. The average Bonchev–Trinajstić information content (AvgIpc) is 2.89. The van der Waals surface area contributed by atoms with E-state index in [1.807, 2.05) is 6.07 Å². The molecule has 0 aromatic heterocycles. The van der Waals surface area contributed by atoms with Gasteiger partial charge in [-0.15, -0.1) is 0 Å². The number of carbonyl (C=O) groups excluding carboxylic acids is 1. The number of amides is 1. The molecule has 1 amide bonds. The van der Waals surface area contributed by atoms with Crippen molar-refractivity contribution >= 4 is 47.6 Å². The number of anilines is 1. The molecule has 0 radical (unpaired) electrons. The molecule has 2 fully saturated rings. The molecule has 2 aliphatic rings. The summed E-state index contributed by atoms with van der Waals surface area (Å²) in [4.78, 5) is 13.1. The van der Waals surface area contributed by atoms with Crippen molar-refractivity contribution in [2.24, 2.45) is 5.92 Å². The zero-order chi connectivity index (χ0) is 26.6. The minimum atomic E-state index is -3.75. The molecular weight excluding hydrogens is 586 g/mol. The Morgan fingerprint density at radius 3 is 2.38 bits per heavy atom. The molecule has 37 heavy (non-hydrogen) atoms. The number of halogens is 1. The fourth-order valence-electron chi connectivity index (χ4n) is 4.44. The number of sulfonamides is 2. The van der Waals surface area contributed by atoms with Crippen LogP contribution in [0.4, 0.5) is 5.69 Å². The van der Waals surface area contributed by atoms with Crippen LogP contribution in [0.15, 0.2) is 51.8 Å². The van der Waals surface area contributed by atoms with Gasteiger partial charge in [-0.25, -0.2) is 21.1 Å². The molecule has 4 rings (SSSR count). The first-order valence-corrected chi connectivity index (χ1v) is 15.7. The maximum absolute atomic E-state index is 13.1. The van der Waals surface area contributed by atoms with Crippen LogP contribution in [0, 0.1) is 5.92 Å². The summed E-state index contributed by atoms with van der Waals surface area (Å²) in [5.41, 5.74) is 0.944. The first-order valence-electron chi connectivity index (χ1n) is 11.9. The number of methoxy groups -OCH3 is 1. The maximum Gasteiger partial charge on any atom is 0.243 e. The van der Waals surface area contributed by atoms with Crippen LogP contribution in [0.3, 0.4) is 0 Å². The highest BCUT2D eigenvalue weighted by Gasteiger charge is 2.32. The molecule has 0 atom stereocenters. The molecule has 0 aliphatic carbocycles. The zero-order valence-electron chi connectivity index (χ0n) is 20.4. The van der Waals surface area contributed by atoms with Gasteiger partial charge in [0.2, 0.25) is 26.0 Å². The number of morpholine rings is 1. The van der Waals surface area contributed by atoms with E-state index < -0.39 is 26.0 Å². The van der Waals surface area contributed by atoms with Crippen molar-refractivity contribution < 1.29 is 31.1 Å². The third-order valence-corrected chi connectivity index (χ3v) is 10.7. The fraction of sp³-hybridized carbons (Fsp3) is 0.458. The number of hydrogen-bond acceptors (Lipinski definition) is 7. The van der Waals surface area contributed by atoms with Crippen LogP contribution in [0.5, 0.6) is 5.75 Å². The van der Waals surface area contributed by atoms with Crippen molar-refractivity contribution in [2.75, 3.05) is 51.8 Å². The highest BCUT2D eigenvalue weighted by Crippen LogP contribution is 2.31. The van der Waals surface area contributed by atoms with E-state index in [1.165, 1.54) is 33.9 Å². The molecular formula is C24H30BrN3O7S2. The molecule has 1 N–H and O–H groups in total. The molecule has 202 valence electrons. The van der Waals surface area contributed by atoms with Gasteiger partial charge in [-0.2, -0.15) is 4.31 Å². The van der Waals surface area contributed by atoms with E-state index in [-0.39, 0.29) is 48.4 Å². The largest absolute Gasteiger partial charge is 0.495 e. The van der Waals surface area contributed by atoms with Gasteiger partial charge in [-0.05, 0) is 48.7 Å². The van der Waals surface area contributed by atoms with Gasteiger partial charge in [0, 0.05) is 36.6 Å². The lowest BCUT2D eigenvalue weighted by Gasteiger charge is -2.30. The van der Waals surface area contributed by atoms with Crippen LogP contribution in [0.25, 0.3) is 0 Å². The summed E-state index contributed by atoms with van der Waals surface area (Å²) in [7, 11) is -5.84. The van der Waals surface area contributed by atoms with Crippen LogP contribution in [-0.4, -0.2) is 77.9 Å². The Kier molecular flexibility index (Phi) is 8.92. The summed E-state index contributed by atoms with van der Waals surface area (Å²) in [6, 6.07) is 11.5. The van der Waals surface area contributed by atoms with E-state index in [0.29, 0.717) is 37.4 Å². The van der Waals surface area contributed by atoms with Gasteiger partial charge in [0.25, 0.3) is 0 Å². The second-order valence-corrected chi connectivity index (χ2v) is 13.7. The summed E-state index contributed by atoms with van der Waals surface area (Å²) in [6.07, 6.45) is 0.718. The summed E-state index contributed by atoms with van der Waals surface area (Å²) in [5, 5.41) is 2.80. The third kappa shape index (κ3) is 6.70. The van der Waals surface area contributed by atoms with E-state index in [1.54, 1.807) is 18.2 Å². The van der Waals surface area contributed by atoms with Crippen LogP contribution >= 0.6 is 15.9 Å². The minimum absolute atomic E-state index is 0.0546. The number of carbonyl (C=O) groups is 1. The van der Waals surface area contributed by atoms with Gasteiger partial charge in [0.15, 0.2) is 0 Å². The van der Waals surface area contributed by atoms with Crippen molar-refractivity contribution in [3.63, 3.8) is 0 Å². The summed E-state index contributed by atoms with van der Waals surface area (Å²) >= 11 is 3.36. The van der Waals surface area contributed by atoms with Gasteiger partial charge in [-0.3, -0.25) is 4.79 Å². The van der Waals surface area contributed by atoms with Crippen molar-refractivity contribution in [2.45, 2.75) is 23.5 Å². The van der Waals surface area contributed by atoms with Crippen LogP contribution in [0.1, 0.15) is 18.4 Å². The molecule has 2 aromatic carbocycles. The maximum atomic E-state index is 13.1. The average molecular weight is 617 g/mol. The van der Waals surface area contributed by atoms with Crippen LogP contribution < -0.4 is 10.1 Å². The normalized spacial score (nSPS) is 18.4. The van der Waals surface area contributed by atoms with Crippen LogP contribution in [0.2, 0.25) is 0 Å². The Labute approximate surface area is 226 Å². The van der Waals surface area contributed by atoms with E-state index in [2.05, 4.69) is 21.2 Å². The molecule has 13 heteroatoms. The molecule has 2 saturated heterocycles. The number of benzene rings is 2. The van der Waals surface area contributed by atoms with Gasteiger partial charge < -0.3 is 14.8 Å². The Morgan fingerprint density at radius 1 is 1.03 bits per heavy atom. The van der Waals surface area contributed by atoms with E-state index in [0.717, 1.165) is 4.47 Å². The Bertz CT molecular complexity index is 1340. The second-order valence-electron chi connectivity index (χ2n) is 8.93. The molecule has 0 saturated carbocycles. The molecule has 2 aliphatic heterocycles. The van der Waals surface area contributed by atoms with Gasteiger partial charge in [0.05, 0.1) is 36.7 Å².